The van der Waals surface area contributed by atoms with Crippen LogP contribution in [0.3, 0.4) is 0 Å². The van der Waals surface area contributed by atoms with Crippen LogP contribution in [0.15, 0.2) is 101 Å². The molecule has 2 heterocycles. The quantitative estimate of drug-likeness (QED) is 0.0967. The number of ether oxygens (including phenoxy) is 2. The second-order valence-corrected chi connectivity index (χ2v) is 10.00. The van der Waals surface area contributed by atoms with Gasteiger partial charge in [0.1, 0.15) is 23.9 Å². The number of halogens is 1. The van der Waals surface area contributed by atoms with Crippen LogP contribution in [0.4, 0.5) is 15.8 Å². The molecule has 13 heteroatoms. The maximum absolute atomic E-state index is 13.4. The third kappa shape index (κ3) is 7.63. The molecule has 0 saturated heterocycles. The molecule has 0 aliphatic rings. The minimum atomic E-state index is -0.680. The Labute approximate surface area is 262 Å². The van der Waals surface area contributed by atoms with Gasteiger partial charge < -0.3 is 23.8 Å². The fourth-order valence-electron chi connectivity index (χ4n) is 4.56. The minimum Gasteiger partial charge on any atom is -0.486 e. The SMILES string of the molecule is Cc1ccc(C)n1-c1ccc(OCc2ccc(C(=O)N/N=C/c3cccc([N+](=O)[O-])c3OCC(=O)Nc3cccc(F)c3)o2)cc1. The number of hydrazone groups is 1. The van der Waals surface area contributed by atoms with Gasteiger partial charge in [0.05, 0.1) is 11.1 Å². The highest BCUT2D eigenvalue weighted by Crippen LogP contribution is 2.30. The lowest BCUT2D eigenvalue weighted by Gasteiger charge is -2.10. The van der Waals surface area contributed by atoms with Crippen LogP contribution in [0, 0.1) is 29.8 Å². The molecule has 46 heavy (non-hydrogen) atoms. The topological polar surface area (TPSA) is 150 Å². The predicted molar refractivity (Wildman–Crippen MR) is 167 cm³/mol. The van der Waals surface area contributed by atoms with E-state index in [1.165, 1.54) is 42.5 Å². The molecular weight excluding hydrogens is 597 g/mol. The molecule has 2 aromatic heterocycles. The van der Waals surface area contributed by atoms with Gasteiger partial charge in [-0.05, 0) is 86.6 Å². The molecular formula is C33H28FN5O7. The van der Waals surface area contributed by atoms with Crippen molar-refractivity contribution < 1.29 is 32.8 Å². The Bertz CT molecular complexity index is 1890. The van der Waals surface area contributed by atoms with Crippen LogP contribution in [0.1, 0.15) is 33.3 Å². The molecule has 0 atom stereocenters. The lowest BCUT2D eigenvalue weighted by atomic mass is 10.2. The van der Waals surface area contributed by atoms with Gasteiger partial charge in [0, 0.05) is 34.4 Å². The van der Waals surface area contributed by atoms with Gasteiger partial charge in [0.15, 0.2) is 12.4 Å². The Kier molecular flexibility index (Phi) is 9.51. The van der Waals surface area contributed by atoms with Gasteiger partial charge in [-0.2, -0.15) is 5.10 Å². The third-order valence-corrected chi connectivity index (χ3v) is 6.68. The summed E-state index contributed by atoms with van der Waals surface area (Å²) >= 11 is 0. The number of para-hydroxylation sites is 1. The smallest absolute Gasteiger partial charge is 0.311 e. The van der Waals surface area contributed by atoms with Crippen molar-refractivity contribution in [1.82, 2.24) is 9.99 Å². The van der Waals surface area contributed by atoms with Crippen LogP contribution in [-0.4, -0.2) is 34.1 Å². The molecule has 0 fully saturated rings. The molecule has 5 aromatic rings. The second kappa shape index (κ2) is 14.0. The van der Waals surface area contributed by atoms with E-state index in [2.05, 4.69) is 32.5 Å². The number of nitrogens with zero attached hydrogens (tertiary/aromatic N) is 3. The first-order valence-corrected chi connectivity index (χ1v) is 13.9. The Hall–Kier alpha value is -6.24. The molecule has 0 unspecified atom stereocenters. The fraction of sp³-hybridized carbons (Fsp3) is 0.121. The van der Waals surface area contributed by atoms with Crippen molar-refractivity contribution in [2.24, 2.45) is 5.10 Å². The zero-order valence-electron chi connectivity index (χ0n) is 24.7. The number of benzene rings is 3. The van der Waals surface area contributed by atoms with Crippen LogP contribution in [0.5, 0.6) is 11.5 Å². The summed E-state index contributed by atoms with van der Waals surface area (Å²) in [5.74, 6) is -1.14. The number of carbonyl (C=O) groups is 2. The van der Waals surface area contributed by atoms with Crippen molar-refractivity contribution in [3.8, 4) is 17.2 Å². The normalized spacial score (nSPS) is 10.9. The second-order valence-electron chi connectivity index (χ2n) is 10.00. The molecule has 2 amide bonds. The van der Waals surface area contributed by atoms with Crippen LogP contribution in [-0.2, 0) is 11.4 Å². The number of furan rings is 1. The van der Waals surface area contributed by atoms with Crippen molar-refractivity contribution >= 4 is 29.4 Å². The first-order chi connectivity index (χ1) is 22.2. The van der Waals surface area contributed by atoms with Gasteiger partial charge in [0.25, 0.3) is 5.91 Å². The number of anilines is 1. The summed E-state index contributed by atoms with van der Waals surface area (Å²) < 4.78 is 32.4. The van der Waals surface area contributed by atoms with E-state index in [0.29, 0.717) is 11.5 Å². The summed E-state index contributed by atoms with van der Waals surface area (Å²) in [6, 6.07) is 24.0. The Morgan fingerprint density at radius 1 is 0.978 bits per heavy atom. The number of carbonyl (C=O) groups excluding carboxylic acids is 2. The zero-order valence-corrected chi connectivity index (χ0v) is 24.7. The highest BCUT2D eigenvalue weighted by atomic mass is 19.1. The molecule has 0 bridgehead atoms. The number of hydrogen-bond acceptors (Lipinski definition) is 8. The molecule has 2 N–H and O–H groups in total. The fourth-order valence-corrected chi connectivity index (χ4v) is 4.56. The molecule has 0 spiro atoms. The lowest BCUT2D eigenvalue weighted by Crippen LogP contribution is -2.21. The summed E-state index contributed by atoms with van der Waals surface area (Å²) in [4.78, 5) is 35.9. The summed E-state index contributed by atoms with van der Waals surface area (Å²) in [7, 11) is 0. The van der Waals surface area contributed by atoms with Crippen LogP contribution < -0.4 is 20.2 Å². The lowest BCUT2D eigenvalue weighted by molar-refractivity contribution is -0.385. The van der Waals surface area contributed by atoms with Crippen LogP contribution in [0.2, 0.25) is 0 Å². The average molecular weight is 626 g/mol. The third-order valence-electron chi connectivity index (χ3n) is 6.68. The van der Waals surface area contributed by atoms with E-state index in [1.54, 1.807) is 6.07 Å². The highest BCUT2D eigenvalue weighted by molar-refractivity contribution is 5.94. The van der Waals surface area contributed by atoms with E-state index in [9.17, 15) is 24.1 Å². The summed E-state index contributed by atoms with van der Waals surface area (Å²) in [5, 5.41) is 17.9. The van der Waals surface area contributed by atoms with E-state index in [1.807, 2.05) is 38.1 Å². The van der Waals surface area contributed by atoms with E-state index in [-0.39, 0.29) is 29.4 Å². The number of nitro groups is 1. The molecule has 3 aromatic carbocycles. The van der Waals surface area contributed by atoms with Crippen molar-refractivity contribution in [3.05, 3.63) is 135 Å². The summed E-state index contributed by atoms with van der Waals surface area (Å²) in [5.41, 5.74) is 5.45. The van der Waals surface area contributed by atoms with Gasteiger partial charge >= 0.3 is 11.6 Å². The maximum Gasteiger partial charge on any atom is 0.311 e. The molecule has 12 nitrogen and oxygen atoms in total. The standard InChI is InChI=1S/C33H28FN5O7/c1-21-9-10-22(2)38(21)26-11-13-27(14-12-26)44-19-28-15-16-30(46-28)33(41)37-35-18-23-5-3-8-29(39(42)43)32(23)45-20-31(40)36-25-7-4-6-24(34)17-25/h3-18H,19-20H2,1-2H3,(H,36,40)(H,37,41)/b35-18+. The highest BCUT2D eigenvalue weighted by Gasteiger charge is 2.20. The molecule has 0 saturated carbocycles. The summed E-state index contributed by atoms with van der Waals surface area (Å²) in [6.07, 6.45) is 1.14. The average Bonchev–Trinajstić information content (AvgIpc) is 3.65. The largest absolute Gasteiger partial charge is 0.486 e. The number of hydrogen-bond donors (Lipinski definition) is 2. The molecule has 5 rings (SSSR count). The first kappa shape index (κ1) is 31.2. The van der Waals surface area contributed by atoms with E-state index < -0.39 is 34.8 Å². The van der Waals surface area contributed by atoms with Gasteiger partial charge in [-0.25, -0.2) is 9.82 Å². The van der Waals surface area contributed by atoms with Gasteiger partial charge in [0.2, 0.25) is 5.75 Å². The van der Waals surface area contributed by atoms with Gasteiger partial charge in [-0.3, -0.25) is 19.7 Å². The predicted octanol–water partition coefficient (Wildman–Crippen LogP) is 6.09. The molecule has 0 radical (unpaired) electrons. The Morgan fingerprint density at radius 2 is 1.72 bits per heavy atom. The number of rotatable bonds is 12. The first-order valence-electron chi connectivity index (χ1n) is 13.9. The summed E-state index contributed by atoms with van der Waals surface area (Å²) in [6.45, 7) is 3.55. The van der Waals surface area contributed by atoms with E-state index in [4.69, 9.17) is 13.9 Å². The molecule has 234 valence electrons. The molecule has 0 aliphatic carbocycles. The van der Waals surface area contributed by atoms with Gasteiger partial charge in [-0.1, -0.05) is 12.1 Å². The van der Waals surface area contributed by atoms with E-state index >= 15 is 0 Å². The van der Waals surface area contributed by atoms with E-state index in [0.717, 1.165) is 29.4 Å². The van der Waals surface area contributed by atoms with Crippen molar-refractivity contribution in [1.29, 1.82) is 0 Å². The number of aromatic nitrogens is 1. The van der Waals surface area contributed by atoms with Gasteiger partial charge in [-0.15, -0.1) is 0 Å². The monoisotopic (exact) mass is 625 g/mol. The van der Waals surface area contributed by atoms with Crippen molar-refractivity contribution in [3.63, 3.8) is 0 Å². The minimum absolute atomic E-state index is 0.0332. The van der Waals surface area contributed by atoms with Crippen molar-refractivity contribution in [2.75, 3.05) is 11.9 Å². The molecule has 0 aliphatic heterocycles. The Morgan fingerprint density at radius 3 is 2.43 bits per heavy atom. The Balaban J connectivity index is 1.17. The van der Waals surface area contributed by atoms with Crippen molar-refractivity contribution in [2.45, 2.75) is 20.5 Å². The number of nitro benzene ring substituents is 1. The number of aryl methyl sites for hydroxylation is 2. The zero-order chi connectivity index (χ0) is 32.6. The van der Waals surface area contributed by atoms with Crippen LogP contribution in [0.25, 0.3) is 5.69 Å². The maximum atomic E-state index is 13.4. The van der Waals surface area contributed by atoms with Crippen LogP contribution >= 0.6 is 0 Å². The number of amides is 2. The number of nitrogens with one attached hydrogen (secondary N) is 2.